The highest BCUT2D eigenvalue weighted by molar-refractivity contribution is 5.38. The van der Waals surface area contributed by atoms with Crippen LogP contribution in [0.25, 0.3) is 0 Å². The maximum Gasteiger partial charge on any atom is 0.128 e. The zero-order chi connectivity index (χ0) is 15.3. The fourth-order valence-electron chi connectivity index (χ4n) is 3.19. The summed E-state index contributed by atoms with van der Waals surface area (Å²) in [7, 11) is 4.29. The summed E-state index contributed by atoms with van der Waals surface area (Å²) >= 11 is 0. The molecule has 1 saturated heterocycles. The quantitative estimate of drug-likeness (QED) is 0.870. The zero-order valence-corrected chi connectivity index (χ0v) is 14.0. The van der Waals surface area contributed by atoms with Crippen molar-refractivity contribution in [3.63, 3.8) is 0 Å². The van der Waals surface area contributed by atoms with Crippen LogP contribution in [0, 0.1) is 5.41 Å². The average Bonchev–Trinajstić information content (AvgIpc) is 2.45. The van der Waals surface area contributed by atoms with Crippen LogP contribution in [-0.2, 0) is 0 Å². The second-order valence-corrected chi connectivity index (χ2v) is 7.23. The first-order valence-corrected chi connectivity index (χ1v) is 8.00. The number of aromatic nitrogens is 1. The van der Waals surface area contributed by atoms with Gasteiger partial charge in [0.05, 0.1) is 0 Å². The van der Waals surface area contributed by atoms with Crippen molar-refractivity contribution >= 4 is 5.82 Å². The monoisotopic (exact) mass is 290 g/mol. The van der Waals surface area contributed by atoms with E-state index < -0.39 is 0 Å². The third kappa shape index (κ3) is 5.29. The Bertz CT molecular complexity index is 408. The molecule has 0 amide bonds. The molecular formula is C17H30N4. The van der Waals surface area contributed by atoms with Crippen molar-refractivity contribution in [3.8, 4) is 0 Å². The lowest BCUT2D eigenvalue weighted by Gasteiger charge is -2.36. The van der Waals surface area contributed by atoms with Crippen LogP contribution in [0.5, 0.6) is 0 Å². The van der Waals surface area contributed by atoms with Gasteiger partial charge in [0.2, 0.25) is 0 Å². The van der Waals surface area contributed by atoms with E-state index in [1.165, 1.54) is 12.8 Å². The molecule has 0 aromatic carbocycles. The normalized spacial score (nSPS) is 17.5. The number of nitrogens with one attached hydrogen (secondary N) is 1. The van der Waals surface area contributed by atoms with Crippen molar-refractivity contribution in [2.24, 2.45) is 5.41 Å². The topological polar surface area (TPSA) is 31.4 Å². The third-order valence-electron chi connectivity index (χ3n) is 4.08. The number of nitrogens with zero attached hydrogens (tertiary/aromatic N) is 3. The van der Waals surface area contributed by atoms with E-state index in [1.54, 1.807) is 0 Å². The Hall–Kier alpha value is -1.13. The maximum atomic E-state index is 4.45. The van der Waals surface area contributed by atoms with E-state index in [9.17, 15) is 0 Å². The van der Waals surface area contributed by atoms with Crippen LogP contribution in [-0.4, -0.2) is 56.2 Å². The third-order valence-corrected chi connectivity index (χ3v) is 4.08. The van der Waals surface area contributed by atoms with E-state index >= 15 is 0 Å². The molecule has 1 fully saturated rings. The Labute approximate surface area is 129 Å². The van der Waals surface area contributed by atoms with Gasteiger partial charge < -0.3 is 15.1 Å². The number of anilines is 1. The summed E-state index contributed by atoms with van der Waals surface area (Å²) < 4.78 is 0. The highest BCUT2D eigenvalue weighted by atomic mass is 15.2. The smallest absolute Gasteiger partial charge is 0.128 e. The van der Waals surface area contributed by atoms with Crippen molar-refractivity contribution in [2.45, 2.75) is 32.7 Å². The molecule has 2 heterocycles. The summed E-state index contributed by atoms with van der Waals surface area (Å²) in [4.78, 5) is 9.11. The number of pyridine rings is 1. The molecule has 1 aliphatic rings. The fraction of sp³-hybridized carbons (Fsp3) is 0.706. The molecule has 1 N–H and O–H groups in total. The molecule has 0 aliphatic carbocycles. The lowest BCUT2D eigenvalue weighted by Crippen LogP contribution is -2.47. The fourth-order valence-corrected chi connectivity index (χ4v) is 3.19. The van der Waals surface area contributed by atoms with Gasteiger partial charge >= 0.3 is 0 Å². The second-order valence-electron chi connectivity index (χ2n) is 7.23. The first kappa shape index (κ1) is 16.2. The van der Waals surface area contributed by atoms with Crippen LogP contribution in [0.1, 0.15) is 26.7 Å². The molecular weight excluding hydrogens is 260 g/mol. The average molecular weight is 290 g/mol. The van der Waals surface area contributed by atoms with Crippen LogP contribution in [0.2, 0.25) is 0 Å². The summed E-state index contributed by atoms with van der Waals surface area (Å²) in [6, 6.07) is 6.79. The van der Waals surface area contributed by atoms with E-state index in [-0.39, 0.29) is 0 Å². The van der Waals surface area contributed by atoms with Crippen LogP contribution in [0.15, 0.2) is 24.4 Å². The van der Waals surface area contributed by atoms with Gasteiger partial charge in [0, 0.05) is 38.4 Å². The van der Waals surface area contributed by atoms with E-state index in [0.29, 0.717) is 11.5 Å². The first-order valence-electron chi connectivity index (χ1n) is 8.00. The molecule has 1 aliphatic heterocycles. The Morgan fingerprint density at radius 2 is 2.00 bits per heavy atom. The van der Waals surface area contributed by atoms with E-state index in [4.69, 9.17) is 0 Å². The summed E-state index contributed by atoms with van der Waals surface area (Å²) in [6.07, 6.45) is 4.28. The van der Waals surface area contributed by atoms with Crippen molar-refractivity contribution < 1.29 is 0 Å². The number of rotatable bonds is 6. The zero-order valence-electron chi connectivity index (χ0n) is 14.0. The summed E-state index contributed by atoms with van der Waals surface area (Å²) in [5.74, 6) is 1.11. The van der Waals surface area contributed by atoms with Crippen molar-refractivity contribution in [2.75, 3.05) is 45.2 Å². The van der Waals surface area contributed by atoms with Crippen molar-refractivity contribution in [1.29, 1.82) is 0 Å². The van der Waals surface area contributed by atoms with E-state index in [1.807, 2.05) is 12.3 Å². The van der Waals surface area contributed by atoms with Gasteiger partial charge in [-0.2, -0.15) is 0 Å². The number of hydrogen-bond donors (Lipinski definition) is 1. The molecule has 4 heteroatoms. The van der Waals surface area contributed by atoms with Crippen molar-refractivity contribution in [1.82, 2.24) is 15.2 Å². The van der Waals surface area contributed by atoms with E-state index in [2.05, 4.69) is 60.2 Å². The molecule has 21 heavy (non-hydrogen) atoms. The molecule has 4 nitrogen and oxygen atoms in total. The van der Waals surface area contributed by atoms with Gasteiger partial charge in [0.25, 0.3) is 0 Å². The SMILES string of the molecule is CN(C)CC(C)(C)CNC1CCN(c2ccccn2)CC1. The summed E-state index contributed by atoms with van der Waals surface area (Å²) in [5.41, 5.74) is 0.321. The van der Waals surface area contributed by atoms with Crippen LogP contribution in [0.3, 0.4) is 0 Å². The molecule has 0 radical (unpaired) electrons. The van der Waals surface area contributed by atoms with Gasteiger partial charge in [0.15, 0.2) is 0 Å². The van der Waals surface area contributed by atoms with E-state index in [0.717, 1.165) is 32.0 Å². The van der Waals surface area contributed by atoms with Gasteiger partial charge in [-0.3, -0.25) is 0 Å². The molecule has 0 saturated carbocycles. The van der Waals surface area contributed by atoms with Gasteiger partial charge in [-0.1, -0.05) is 19.9 Å². The molecule has 1 aromatic heterocycles. The number of piperidine rings is 1. The second kappa shape index (κ2) is 7.23. The standard InChI is InChI=1S/C17H30N4/c1-17(2,14-20(3)4)13-19-15-8-11-21(12-9-15)16-7-5-6-10-18-16/h5-7,10,15,19H,8-9,11-14H2,1-4H3. The number of hydrogen-bond acceptors (Lipinski definition) is 4. The lowest BCUT2D eigenvalue weighted by molar-refractivity contribution is 0.220. The highest BCUT2D eigenvalue weighted by Gasteiger charge is 2.23. The predicted octanol–water partition coefficient (Wildman–Crippen LogP) is 2.23. The lowest BCUT2D eigenvalue weighted by atomic mass is 9.92. The molecule has 0 spiro atoms. The summed E-state index contributed by atoms with van der Waals surface area (Å²) in [5, 5.41) is 3.77. The molecule has 118 valence electrons. The minimum absolute atomic E-state index is 0.321. The Kier molecular flexibility index (Phi) is 5.59. The molecule has 2 rings (SSSR count). The largest absolute Gasteiger partial charge is 0.357 e. The Morgan fingerprint density at radius 1 is 1.29 bits per heavy atom. The summed E-state index contributed by atoms with van der Waals surface area (Å²) in [6.45, 7) is 9.07. The minimum atomic E-state index is 0.321. The van der Waals surface area contributed by atoms with Crippen LogP contribution in [0.4, 0.5) is 5.82 Å². The van der Waals surface area contributed by atoms with Crippen LogP contribution >= 0.6 is 0 Å². The minimum Gasteiger partial charge on any atom is -0.357 e. The Balaban J connectivity index is 1.74. The van der Waals surface area contributed by atoms with Crippen LogP contribution < -0.4 is 10.2 Å². The van der Waals surface area contributed by atoms with Gasteiger partial charge in [-0.05, 0) is 44.5 Å². The molecule has 0 atom stereocenters. The van der Waals surface area contributed by atoms with Gasteiger partial charge in [0.1, 0.15) is 5.82 Å². The molecule has 0 unspecified atom stereocenters. The van der Waals surface area contributed by atoms with Crippen molar-refractivity contribution in [3.05, 3.63) is 24.4 Å². The predicted molar refractivity (Wildman–Crippen MR) is 89.8 cm³/mol. The molecule has 0 bridgehead atoms. The first-order chi connectivity index (χ1) is 9.96. The Morgan fingerprint density at radius 3 is 2.57 bits per heavy atom. The molecule has 1 aromatic rings. The highest BCUT2D eigenvalue weighted by Crippen LogP contribution is 2.19. The maximum absolute atomic E-state index is 4.45. The van der Waals surface area contributed by atoms with Gasteiger partial charge in [-0.15, -0.1) is 0 Å². The van der Waals surface area contributed by atoms with Gasteiger partial charge in [-0.25, -0.2) is 4.98 Å².